The summed E-state index contributed by atoms with van der Waals surface area (Å²) in [5.74, 6) is -0.167. The Balaban J connectivity index is 2.17. The third-order valence-electron chi connectivity index (χ3n) is 3.57. The summed E-state index contributed by atoms with van der Waals surface area (Å²) in [5, 5.41) is 0. The predicted molar refractivity (Wildman–Crippen MR) is 66.9 cm³/mol. The van der Waals surface area contributed by atoms with E-state index < -0.39 is 18.3 Å². The Morgan fingerprint density at radius 2 is 2.19 bits per heavy atom. The van der Waals surface area contributed by atoms with Crippen molar-refractivity contribution in [2.24, 2.45) is 5.92 Å². The Morgan fingerprint density at radius 1 is 1.50 bits per heavy atom. The van der Waals surface area contributed by atoms with Crippen LogP contribution in [0, 0.1) is 5.92 Å². The Hall–Kier alpha value is 0.525. The topological polar surface area (TPSA) is 27.7 Å². The molecule has 0 saturated carbocycles. The molecule has 0 aromatic carbocycles. The largest absolute Gasteiger partial charge is 0.375 e. The van der Waals surface area contributed by atoms with Crippen molar-refractivity contribution in [3.8, 4) is 0 Å². The van der Waals surface area contributed by atoms with Crippen LogP contribution in [0.15, 0.2) is 0 Å². The second kappa shape index (κ2) is 4.32. The number of hydrogen-bond acceptors (Lipinski definition) is 4. The zero-order valence-electron chi connectivity index (χ0n) is 9.81. The lowest BCUT2D eigenvalue weighted by molar-refractivity contribution is -0.0621. The van der Waals surface area contributed by atoms with Gasteiger partial charge in [0.15, 0.2) is 6.49 Å². The molecule has 0 aromatic rings. The van der Waals surface area contributed by atoms with Crippen molar-refractivity contribution in [3.05, 3.63) is 0 Å². The van der Waals surface area contributed by atoms with Gasteiger partial charge in [-0.3, -0.25) is 0 Å². The molecule has 0 radical (unpaired) electrons. The van der Waals surface area contributed by atoms with Crippen molar-refractivity contribution in [1.29, 1.82) is 0 Å². The summed E-state index contributed by atoms with van der Waals surface area (Å²) >= 11 is 5.22. The SMILES string of the molecule is B[C@@H]1O[C@@]2(CCOP(C)(=S)OC2)[C@H](C)C1F. The Kier molecular flexibility index (Phi) is 3.50. The first-order valence-electron chi connectivity index (χ1n) is 5.55. The van der Waals surface area contributed by atoms with E-state index in [2.05, 4.69) is 0 Å². The van der Waals surface area contributed by atoms with E-state index in [1.807, 2.05) is 6.92 Å². The third-order valence-corrected chi connectivity index (χ3v) is 5.45. The standard InChI is InChI=1S/C9H17BFO3PS/c1-6-7(11)8(10)14-9(6)3-4-12-15(2,16)13-5-9/h6-8H,3-5,10H2,1-2H3/t6-,7?,8-,9-,15?/m1/s1. The van der Waals surface area contributed by atoms with E-state index >= 15 is 0 Å². The number of rotatable bonds is 0. The van der Waals surface area contributed by atoms with Crippen LogP contribution >= 0.6 is 6.49 Å². The maximum Gasteiger partial charge on any atom is 0.185 e. The summed E-state index contributed by atoms with van der Waals surface area (Å²) < 4.78 is 30.7. The van der Waals surface area contributed by atoms with Gasteiger partial charge in [-0.05, 0) is 11.8 Å². The summed E-state index contributed by atoms with van der Waals surface area (Å²) in [7, 11) is 1.77. The van der Waals surface area contributed by atoms with E-state index in [1.54, 1.807) is 14.5 Å². The average Bonchev–Trinajstić information content (AvgIpc) is 2.37. The maximum absolute atomic E-state index is 13.8. The highest BCUT2D eigenvalue weighted by molar-refractivity contribution is 8.09. The molecule has 2 fully saturated rings. The van der Waals surface area contributed by atoms with E-state index in [-0.39, 0.29) is 11.9 Å². The van der Waals surface area contributed by atoms with Gasteiger partial charge in [0, 0.05) is 19.0 Å². The van der Waals surface area contributed by atoms with Gasteiger partial charge in [-0.2, -0.15) is 0 Å². The van der Waals surface area contributed by atoms with Crippen LogP contribution in [0.4, 0.5) is 4.39 Å². The first-order valence-corrected chi connectivity index (χ1v) is 8.63. The molecule has 2 heterocycles. The van der Waals surface area contributed by atoms with Crippen molar-refractivity contribution in [2.45, 2.75) is 31.1 Å². The molecule has 5 atom stereocenters. The highest BCUT2D eigenvalue weighted by Crippen LogP contribution is 2.51. The van der Waals surface area contributed by atoms with E-state index in [0.717, 1.165) is 0 Å². The van der Waals surface area contributed by atoms with Crippen molar-refractivity contribution in [3.63, 3.8) is 0 Å². The molecular formula is C9H17BFO3PS. The lowest BCUT2D eigenvalue weighted by Crippen LogP contribution is -2.40. The van der Waals surface area contributed by atoms with Crippen LogP contribution in [-0.4, -0.2) is 45.5 Å². The van der Waals surface area contributed by atoms with Gasteiger partial charge in [0.2, 0.25) is 0 Å². The fraction of sp³-hybridized carbons (Fsp3) is 1.00. The van der Waals surface area contributed by atoms with Crippen molar-refractivity contribution >= 4 is 26.1 Å². The predicted octanol–water partition coefficient (Wildman–Crippen LogP) is 1.06. The van der Waals surface area contributed by atoms with Gasteiger partial charge < -0.3 is 13.8 Å². The molecule has 0 aromatic heterocycles. The molecule has 2 aliphatic heterocycles. The van der Waals surface area contributed by atoms with Crippen LogP contribution in [0.5, 0.6) is 0 Å². The van der Waals surface area contributed by atoms with E-state index in [4.69, 9.17) is 25.6 Å². The zero-order chi connectivity index (χ0) is 12.0. The van der Waals surface area contributed by atoms with Crippen LogP contribution in [0.3, 0.4) is 0 Å². The fourth-order valence-electron chi connectivity index (χ4n) is 2.41. The normalized spacial score (nSPS) is 54.1. The van der Waals surface area contributed by atoms with Crippen LogP contribution < -0.4 is 0 Å². The number of hydrogen-bond donors (Lipinski definition) is 0. The Morgan fingerprint density at radius 3 is 2.75 bits per heavy atom. The van der Waals surface area contributed by atoms with Crippen molar-refractivity contribution in [1.82, 2.24) is 0 Å². The van der Waals surface area contributed by atoms with Gasteiger partial charge >= 0.3 is 0 Å². The lowest BCUT2D eigenvalue weighted by atomic mass is 9.82. The Bertz CT molecular complexity index is 332. The van der Waals surface area contributed by atoms with Crippen LogP contribution in [0.2, 0.25) is 0 Å². The minimum absolute atomic E-state index is 0.167. The van der Waals surface area contributed by atoms with Gasteiger partial charge in [0.1, 0.15) is 14.0 Å². The van der Waals surface area contributed by atoms with E-state index in [1.165, 1.54) is 0 Å². The molecule has 2 unspecified atom stereocenters. The summed E-state index contributed by atoms with van der Waals surface area (Å²) in [6.45, 7) is 2.39. The van der Waals surface area contributed by atoms with Crippen LogP contribution in [0.1, 0.15) is 13.3 Å². The first kappa shape index (κ1) is 13.0. The van der Waals surface area contributed by atoms with Crippen LogP contribution in [-0.2, 0) is 25.6 Å². The molecule has 2 rings (SSSR count). The van der Waals surface area contributed by atoms with Gasteiger partial charge in [0.25, 0.3) is 0 Å². The van der Waals surface area contributed by atoms with E-state index in [9.17, 15) is 4.39 Å². The molecule has 1 spiro atoms. The average molecular weight is 266 g/mol. The molecule has 2 saturated heterocycles. The zero-order valence-corrected chi connectivity index (χ0v) is 11.5. The first-order chi connectivity index (χ1) is 7.36. The fourth-order valence-corrected chi connectivity index (χ4v) is 3.74. The minimum Gasteiger partial charge on any atom is -0.375 e. The summed E-state index contributed by atoms with van der Waals surface area (Å²) in [5.41, 5.74) is -0.546. The van der Waals surface area contributed by atoms with E-state index in [0.29, 0.717) is 19.6 Å². The summed E-state index contributed by atoms with van der Waals surface area (Å²) in [6, 6.07) is -0.369. The van der Waals surface area contributed by atoms with Gasteiger partial charge in [-0.15, -0.1) is 0 Å². The quantitative estimate of drug-likeness (QED) is 0.484. The molecule has 2 aliphatic rings. The number of alkyl halides is 1. The third kappa shape index (κ3) is 2.23. The molecular weight excluding hydrogens is 249 g/mol. The molecule has 0 N–H and O–H groups in total. The van der Waals surface area contributed by atoms with Crippen molar-refractivity contribution in [2.75, 3.05) is 19.9 Å². The smallest absolute Gasteiger partial charge is 0.185 e. The molecule has 16 heavy (non-hydrogen) atoms. The monoisotopic (exact) mass is 266 g/mol. The molecule has 0 amide bonds. The maximum atomic E-state index is 13.8. The van der Waals surface area contributed by atoms with Crippen molar-refractivity contribution < 1.29 is 18.2 Å². The molecule has 92 valence electrons. The lowest BCUT2D eigenvalue weighted by Gasteiger charge is -2.30. The highest BCUT2D eigenvalue weighted by Gasteiger charge is 2.52. The highest BCUT2D eigenvalue weighted by atomic mass is 32.5. The minimum atomic E-state index is -2.14. The summed E-state index contributed by atoms with van der Waals surface area (Å²) in [4.78, 5) is 0. The van der Waals surface area contributed by atoms with Gasteiger partial charge in [-0.1, -0.05) is 6.92 Å². The van der Waals surface area contributed by atoms with Gasteiger partial charge in [0.05, 0.1) is 24.8 Å². The second-order valence-electron chi connectivity index (χ2n) is 4.75. The number of halogens is 1. The second-order valence-corrected chi connectivity index (χ2v) is 8.80. The molecule has 0 aliphatic carbocycles. The molecule has 3 nitrogen and oxygen atoms in total. The number of ether oxygens (including phenoxy) is 1. The van der Waals surface area contributed by atoms with Crippen LogP contribution in [0.25, 0.3) is 0 Å². The Labute approximate surface area is 102 Å². The summed E-state index contributed by atoms with van der Waals surface area (Å²) in [6.07, 6.45) is -0.276. The molecule has 7 heteroatoms. The van der Waals surface area contributed by atoms with Gasteiger partial charge in [-0.25, -0.2) is 4.39 Å². The molecule has 0 bridgehead atoms.